The van der Waals surface area contributed by atoms with E-state index in [0.29, 0.717) is 46.6 Å². The van der Waals surface area contributed by atoms with Gasteiger partial charge in [0.25, 0.3) is 5.91 Å². The number of hydrogen-bond acceptors (Lipinski definition) is 5. The van der Waals surface area contributed by atoms with Gasteiger partial charge < -0.3 is 14.5 Å². The molecular formula is C23H21N3O3. The molecule has 0 spiro atoms. The summed E-state index contributed by atoms with van der Waals surface area (Å²) in [6, 6.07) is 18.1. The molecule has 1 amide bonds. The largest absolute Gasteiger partial charge is 0.493 e. The minimum Gasteiger partial charge on any atom is -0.493 e. The van der Waals surface area contributed by atoms with E-state index >= 15 is 0 Å². The van der Waals surface area contributed by atoms with Crippen LogP contribution in [0.2, 0.25) is 0 Å². The lowest BCUT2D eigenvalue weighted by molar-refractivity contribution is 0.102. The maximum Gasteiger partial charge on any atom is 0.255 e. The van der Waals surface area contributed by atoms with Crippen molar-refractivity contribution in [3.8, 4) is 17.2 Å². The van der Waals surface area contributed by atoms with Crippen molar-refractivity contribution in [3.05, 3.63) is 72.4 Å². The molecule has 0 aliphatic rings. The number of nitrogens with one attached hydrogen (secondary N) is 1. The number of rotatable bonds is 6. The lowest BCUT2D eigenvalue weighted by Crippen LogP contribution is -2.12. The summed E-state index contributed by atoms with van der Waals surface area (Å²) in [5.41, 5.74) is 3.11. The van der Waals surface area contributed by atoms with E-state index in [1.54, 1.807) is 24.4 Å². The molecule has 0 radical (unpaired) electrons. The fraction of sp³-hybridized carbons (Fsp3) is 0.174. The molecule has 0 saturated heterocycles. The first kappa shape index (κ1) is 18.7. The Morgan fingerprint density at radius 1 is 1.10 bits per heavy atom. The van der Waals surface area contributed by atoms with Crippen LogP contribution < -0.4 is 10.1 Å². The molecule has 6 nitrogen and oxygen atoms in total. The number of ether oxygens (including phenoxy) is 1. The van der Waals surface area contributed by atoms with Crippen molar-refractivity contribution in [2.75, 3.05) is 11.9 Å². The molecule has 6 heteroatoms. The highest BCUT2D eigenvalue weighted by Crippen LogP contribution is 2.25. The van der Waals surface area contributed by atoms with E-state index in [4.69, 9.17) is 9.15 Å². The Kier molecular flexibility index (Phi) is 5.24. The number of amides is 1. The Morgan fingerprint density at radius 3 is 2.79 bits per heavy atom. The lowest BCUT2D eigenvalue weighted by atomic mass is 10.1. The number of benzene rings is 2. The van der Waals surface area contributed by atoms with E-state index < -0.39 is 0 Å². The summed E-state index contributed by atoms with van der Waals surface area (Å²) >= 11 is 0. The van der Waals surface area contributed by atoms with Crippen LogP contribution in [-0.4, -0.2) is 22.5 Å². The topological polar surface area (TPSA) is 77.2 Å². The van der Waals surface area contributed by atoms with Gasteiger partial charge in [0, 0.05) is 23.0 Å². The predicted octanol–water partition coefficient (Wildman–Crippen LogP) is 5.18. The number of hydrogen-bond donors (Lipinski definition) is 1. The molecule has 29 heavy (non-hydrogen) atoms. The molecule has 4 rings (SSSR count). The first-order valence-corrected chi connectivity index (χ1v) is 9.45. The number of fused-ring (bicyclic) bond motifs is 1. The fourth-order valence-electron chi connectivity index (χ4n) is 2.82. The van der Waals surface area contributed by atoms with Gasteiger partial charge in [0.1, 0.15) is 5.75 Å². The SMILES string of the molecule is CC(C)COc1cccc(C(=O)Nc2cccc(-c3nc4ncccc4o3)c2)c1. The third-order valence-corrected chi connectivity index (χ3v) is 4.21. The van der Waals surface area contributed by atoms with E-state index in [9.17, 15) is 4.79 Å². The third kappa shape index (κ3) is 4.43. The van der Waals surface area contributed by atoms with Gasteiger partial charge in [-0.15, -0.1) is 0 Å². The Labute approximate surface area is 168 Å². The molecule has 0 bridgehead atoms. The zero-order valence-electron chi connectivity index (χ0n) is 16.3. The fourth-order valence-corrected chi connectivity index (χ4v) is 2.82. The number of oxazole rings is 1. The Bertz CT molecular complexity index is 1120. The number of nitrogens with zero attached hydrogens (tertiary/aromatic N) is 2. The zero-order chi connectivity index (χ0) is 20.2. The number of aromatic nitrogens is 2. The van der Waals surface area contributed by atoms with Gasteiger partial charge in [-0.25, -0.2) is 4.98 Å². The first-order valence-electron chi connectivity index (χ1n) is 9.45. The van der Waals surface area contributed by atoms with Crippen LogP contribution in [0.4, 0.5) is 5.69 Å². The van der Waals surface area contributed by atoms with Crippen LogP contribution in [0.15, 0.2) is 71.3 Å². The van der Waals surface area contributed by atoms with Crippen LogP contribution in [0.25, 0.3) is 22.7 Å². The van der Waals surface area contributed by atoms with Crippen LogP contribution >= 0.6 is 0 Å². The van der Waals surface area contributed by atoms with Crippen molar-refractivity contribution < 1.29 is 13.9 Å². The molecule has 0 saturated carbocycles. The monoisotopic (exact) mass is 387 g/mol. The van der Waals surface area contributed by atoms with Gasteiger partial charge >= 0.3 is 0 Å². The zero-order valence-corrected chi connectivity index (χ0v) is 16.3. The van der Waals surface area contributed by atoms with E-state index in [-0.39, 0.29) is 5.91 Å². The molecule has 146 valence electrons. The van der Waals surface area contributed by atoms with Crippen LogP contribution in [0.3, 0.4) is 0 Å². The molecule has 2 aromatic heterocycles. The molecular weight excluding hydrogens is 366 g/mol. The van der Waals surface area contributed by atoms with Crippen molar-refractivity contribution >= 4 is 22.8 Å². The second-order valence-corrected chi connectivity index (χ2v) is 7.11. The van der Waals surface area contributed by atoms with Crippen LogP contribution in [0.5, 0.6) is 5.75 Å². The van der Waals surface area contributed by atoms with Crippen molar-refractivity contribution in [2.24, 2.45) is 5.92 Å². The standard InChI is InChI=1S/C23H21N3O3/c1-15(2)14-28-19-9-4-6-16(13-19)22(27)25-18-8-3-7-17(12-18)23-26-21-20(29-23)10-5-11-24-21/h3-13,15H,14H2,1-2H3,(H,25,27). The summed E-state index contributed by atoms with van der Waals surface area (Å²) in [5.74, 6) is 1.34. The van der Waals surface area contributed by atoms with Crippen LogP contribution in [0.1, 0.15) is 24.2 Å². The van der Waals surface area contributed by atoms with Gasteiger partial charge in [-0.05, 0) is 54.4 Å². The molecule has 1 N–H and O–H groups in total. The van der Waals surface area contributed by atoms with Gasteiger partial charge in [-0.3, -0.25) is 4.79 Å². The van der Waals surface area contributed by atoms with Gasteiger partial charge in [-0.1, -0.05) is 26.0 Å². The molecule has 2 aromatic carbocycles. The average Bonchev–Trinajstić information content (AvgIpc) is 3.17. The molecule has 0 aliphatic carbocycles. The maximum absolute atomic E-state index is 12.7. The maximum atomic E-state index is 12.7. The number of carbonyl (C=O) groups is 1. The average molecular weight is 387 g/mol. The van der Waals surface area contributed by atoms with Crippen molar-refractivity contribution in [1.29, 1.82) is 0 Å². The van der Waals surface area contributed by atoms with E-state index in [1.165, 1.54) is 0 Å². The second-order valence-electron chi connectivity index (χ2n) is 7.11. The van der Waals surface area contributed by atoms with Crippen molar-refractivity contribution in [2.45, 2.75) is 13.8 Å². The van der Waals surface area contributed by atoms with E-state index in [2.05, 4.69) is 29.1 Å². The Balaban J connectivity index is 1.52. The van der Waals surface area contributed by atoms with Gasteiger partial charge in [0.2, 0.25) is 5.89 Å². The van der Waals surface area contributed by atoms with Gasteiger partial charge in [0.05, 0.1) is 6.61 Å². The third-order valence-electron chi connectivity index (χ3n) is 4.21. The summed E-state index contributed by atoms with van der Waals surface area (Å²) in [4.78, 5) is 21.3. The number of pyridine rings is 1. The summed E-state index contributed by atoms with van der Waals surface area (Å²) in [6.07, 6.45) is 1.67. The van der Waals surface area contributed by atoms with E-state index in [1.807, 2.05) is 42.5 Å². The Morgan fingerprint density at radius 2 is 1.97 bits per heavy atom. The smallest absolute Gasteiger partial charge is 0.255 e. The quantitative estimate of drug-likeness (QED) is 0.493. The van der Waals surface area contributed by atoms with Gasteiger partial charge in [-0.2, -0.15) is 4.98 Å². The minimum atomic E-state index is -0.212. The second kappa shape index (κ2) is 8.14. The van der Waals surface area contributed by atoms with Crippen molar-refractivity contribution in [1.82, 2.24) is 9.97 Å². The summed E-state index contributed by atoms with van der Waals surface area (Å²) < 4.78 is 11.5. The molecule has 4 aromatic rings. The van der Waals surface area contributed by atoms with Crippen LogP contribution in [0, 0.1) is 5.92 Å². The molecule has 0 atom stereocenters. The summed E-state index contributed by atoms with van der Waals surface area (Å²) in [6.45, 7) is 4.76. The molecule has 0 unspecified atom stereocenters. The number of carbonyl (C=O) groups excluding carboxylic acids is 1. The summed E-state index contributed by atoms with van der Waals surface area (Å²) in [7, 11) is 0. The first-order chi connectivity index (χ1) is 14.1. The molecule has 2 heterocycles. The number of anilines is 1. The highest BCUT2D eigenvalue weighted by molar-refractivity contribution is 6.04. The van der Waals surface area contributed by atoms with E-state index in [0.717, 1.165) is 5.56 Å². The Hall–Kier alpha value is -3.67. The highest BCUT2D eigenvalue weighted by atomic mass is 16.5. The molecule has 0 aliphatic heterocycles. The van der Waals surface area contributed by atoms with Crippen LogP contribution in [-0.2, 0) is 0 Å². The highest BCUT2D eigenvalue weighted by Gasteiger charge is 2.11. The predicted molar refractivity (Wildman–Crippen MR) is 112 cm³/mol. The normalized spacial score (nSPS) is 11.0. The van der Waals surface area contributed by atoms with Crippen molar-refractivity contribution in [3.63, 3.8) is 0 Å². The summed E-state index contributed by atoms with van der Waals surface area (Å²) in [5, 5.41) is 2.91. The minimum absolute atomic E-state index is 0.212. The molecule has 0 fully saturated rings. The van der Waals surface area contributed by atoms with Gasteiger partial charge in [0.15, 0.2) is 11.2 Å². The lowest BCUT2D eigenvalue weighted by Gasteiger charge is -2.10.